The fourth-order valence-electron chi connectivity index (χ4n) is 0.993. The minimum absolute atomic E-state index is 0.302. The number of hydrogen-bond acceptors (Lipinski definition) is 2. The molecule has 0 aromatic heterocycles. The maximum atomic E-state index is 10.1. The first-order chi connectivity index (χ1) is 4.79. The maximum Gasteiger partial charge on any atom is 0.303 e. The maximum absolute atomic E-state index is 10.1. The lowest BCUT2D eigenvalue weighted by Gasteiger charge is -2.25. The van der Waals surface area contributed by atoms with E-state index in [0.29, 0.717) is 12.3 Å². The fraction of sp³-hybridized carbons (Fsp3) is 0.857. The number of carboxylic acids is 1. The second-order valence-corrected chi connectivity index (χ2v) is 2.69. The van der Waals surface area contributed by atoms with Crippen molar-refractivity contribution in [3.05, 3.63) is 0 Å². The van der Waals surface area contributed by atoms with Gasteiger partial charge in [0.05, 0.1) is 13.2 Å². The molecule has 0 aliphatic carbocycles. The Hall–Kier alpha value is -0.570. The van der Waals surface area contributed by atoms with Crippen LogP contribution in [-0.2, 0) is 9.53 Å². The molecule has 0 amide bonds. The van der Waals surface area contributed by atoms with Crippen molar-refractivity contribution < 1.29 is 14.6 Å². The first kappa shape index (κ1) is 7.54. The molecule has 1 rings (SSSR count). The molecule has 3 heteroatoms. The Labute approximate surface area is 60.0 Å². The van der Waals surface area contributed by atoms with E-state index in [0.717, 1.165) is 26.1 Å². The molecule has 3 nitrogen and oxygen atoms in total. The van der Waals surface area contributed by atoms with Crippen LogP contribution in [0.4, 0.5) is 0 Å². The first-order valence-electron chi connectivity index (χ1n) is 3.58. The summed E-state index contributed by atoms with van der Waals surface area (Å²) >= 11 is 0. The first-order valence-corrected chi connectivity index (χ1v) is 3.58. The van der Waals surface area contributed by atoms with Crippen molar-refractivity contribution in [3.63, 3.8) is 0 Å². The molecule has 0 saturated carbocycles. The zero-order valence-electron chi connectivity index (χ0n) is 5.88. The molecule has 0 bridgehead atoms. The van der Waals surface area contributed by atoms with Crippen LogP contribution in [0.5, 0.6) is 0 Å². The van der Waals surface area contributed by atoms with Gasteiger partial charge in [-0.05, 0) is 12.8 Å². The van der Waals surface area contributed by atoms with Crippen LogP contribution in [-0.4, -0.2) is 24.3 Å². The fourth-order valence-corrected chi connectivity index (χ4v) is 0.993. The highest BCUT2D eigenvalue weighted by Crippen LogP contribution is 2.16. The number of aliphatic carboxylic acids is 1. The highest BCUT2D eigenvalue weighted by molar-refractivity contribution is 5.66. The van der Waals surface area contributed by atoms with Crippen LogP contribution in [0, 0.1) is 5.92 Å². The third-order valence-corrected chi connectivity index (χ3v) is 1.71. The normalized spacial score (nSPS) is 18.4. The number of carboxylic acid groups (broad SMARTS) is 1. The van der Waals surface area contributed by atoms with Crippen molar-refractivity contribution in [2.45, 2.75) is 19.3 Å². The smallest absolute Gasteiger partial charge is 0.303 e. The minimum atomic E-state index is -0.694. The van der Waals surface area contributed by atoms with Crippen LogP contribution in [0.15, 0.2) is 0 Å². The van der Waals surface area contributed by atoms with Crippen molar-refractivity contribution in [1.29, 1.82) is 0 Å². The number of ether oxygens (including phenoxy) is 1. The van der Waals surface area contributed by atoms with E-state index in [2.05, 4.69) is 0 Å². The molecule has 0 radical (unpaired) electrons. The molecule has 1 aliphatic heterocycles. The van der Waals surface area contributed by atoms with Crippen LogP contribution in [0.25, 0.3) is 0 Å². The van der Waals surface area contributed by atoms with Gasteiger partial charge in [0.1, 0.15) is 0 Å². The summed E-state index contributed by atoms with van der Waals surface area (Å²) in [6.45, 7) is 1.67. The van der Waals surface area contributed by atoms with Gasteiger partial charge in [-0.3, -0.25) is 4.79 Å². The molecule has 0 atom stereocenters. The molecule has 1 saturated heterocycles. The Morgan fingerprint density at radius 2 is 2.30 bits per heavy atom. The van der Waals surface area contributed by atoms with E-state index in [4.69, 9.17) is 9.84 Å². The van der Waals surface area contributed by atoms with Gasteiger partial charge >= 0.3 is 5.97 Å². The Kier molecular flexibility index (Phi) is 2.68. The molecular weight excluding hydrogens is 132 g/mol. The molecule has 1 heterocycles. The molecule has 1 aliphatic rings. The van der Waals surface area contributed by atoms with Gasteiger partial charge in [0.15, 0.2) is 0 Å². The van der Waals surface area contributed by atoms with Gasteiger partial charge in [0.2, 0.25) is 0 Å². The van der Waals surface area contributed by atoms with Crippen LogP contribution in [0.1, 0.15) is 19.3 Å². The SMILES string of the molecule is O=C(O)CCCC1COC1. The Morgan fingerprint density at radius 1 is 1.60 bits per heavy atom. The molecule has 1 N–H and O–H groups in total. The van der Waals surface area contributed by atoms with Gasteiger partial charge in [-0.15, -0.1) is 0 Å². The second-order valence-electron chi connectivity index (χ2n) is 2.69. The van der Waals surface area contributed by atoms with Crippen molar-refractivity contribution >= 4 is 5.97 Å². The average molecular weight is 144 g/mol. The predicted molar refractivity (Wildman–Crippen MR) is 35.8 cm³/mol. The predicted octanol–water partition coefficient (Wildman–Crippen LogP) is 0.888. The van der Waals surface area contributed by atoms with Gasteiger partial charge in [0, 0.05) is 12.3 Å². The van der Waals surface area contributed by atoms with E-state index in [1.807, 2.05) is 0 Å². The molecule has 0 aromatic carbocycles. The quantitative estimate of drug-likeness (QED) is 0.637. The van der Waals surface area contributed by atoms with Crippen LogP contribution >= 0.6 is 0 Å². The Balaban J connectivity index is 1.89. The molecule has 0 aromatic rings. The summed E-state index contributed by atoms with van der Waals surface area (Å²) in [5.74, 6) is -0.0559. The summed E-state index contributed by atoms with van der Waals surface area (Å²) in [7, 11) is 0. The zero-order chi connectivity index (χ0) is 7.40. The van der Waals surface area contributed by atoms with Gasteiger partial charge < -0.3 is 9.84 Å². The summed E-state index contributed by atoms with van der Waals surface area (Å²) < 4.78 is 4.94. The van der Waals surface area contributed by atoms with Crippen molar-refractivity contribution in [1.82, 2.24) is 0 Å². The lowest BCUT2D eigenvalue weighted by molar-refractivity contribution is -0.137. The number of rotatable bonds is 4. The lowest BCUT2D eigenvalue weighted by Crippen LogP contribution is -2.27. The summed E-state index contributed by atoms with van der Waals surface area (Å²) in [5.41, 5.74) is 0. The number of carbonyl (C=O) groups is 1. The van der Waals surface area contributed by atoms with Crippen LogP contribution in [0.2, 0.25) is 0 Å². The zero-order valence-corrected chi connectivity index (χ0v) is 5.88. The van der Waals surface area contributed by atoms with Crippen LogP contribution in [0.3, 0.4) is 0 Å². The van der Waals surface area contributed by atoms with Crippen molar-refractivity contribution in [2.24, 2.45) is 5.92 Å². The van der Waals surface area contributed by atoms with E-state index in [9.17, 15) is 4.79 Å². The highest BCUT2D eigenvalue weighted by atomic mass is 16.5. The largest absolute Gasteiger partial charge is 0.481 e. The molecule has 0 unspecified atom stereocenters. The van der Waals surface area contributed by atoms with E-state index < -0.39 is 5.97 Å². The monoisotopic (exact) mass is 144 g/mol. The summed E-state index contributed by atoms with van der Waals surface area (Å²) in [5, 5.41) is 8.29. The molecule has 1 fully saturated rings. The van der Waals surface area contributed by atoms with Gasteiger partial charge in [-0.1, -0.05) is 0 Å². The van der Waals surface area contributed by atoms with Crippen LogP contribution < -0.4 is 0 Å². The van der Waals surface area contributed by atoms with E-state index in [1.54, 1.807) is 0 Å². The molecule has 0 spiro atoms. The highest BCUT2D eigenvalue weighted by Gasteiger charge is 2.17. The lowest BCUT2D eigenvalue weighted by atomic mass is 10.0. The van der Waals surface area contributed by atoms with Crippen molar-refractivity contribution in [2.75, 3.05) is 13.2 Å². The Bertz CT molecular complexity index is 118. The Morgan fingerprint density at radius 3 is 2.70 bits per heavy atom. The molecule has 10 heavy (non-hydrogen) atoms. The van der Waals surface area contributed by atoms with E-state index >= 15 is 0 Å². The van der Waals surface area contributed by atoms with E-state index in [1.165, 1.54) is 0 Å². The standard InChI is InChI=1S/C7H12O3/c8-7(9)3-1-2-6-4-10-5-6/h6H,1-5H2,(H,8,9). The third kappa shape index (κ3) is 2.35. The van der Waals surface area contributed by atoms with E-state index in [-0.39, 0.29) is 0 Å². The minimum Gasteiger partial charge on any atom is -0.481 e. The van der Waals surface area contributed by atoms with Gasteiger partial charge in [-0.2, -0.15) is 0 Å². The molecule has 58 valence electrons. The molecular formula is C7H12O3. The van der Waals surface area contributed by atoms with Gasteiger partial charge in [0.25, 0.3) is 0 Å². The summed E-state index contributed by atoms with van der Waals surface area (Å²) in [4.78, 5) is 10.1. The summed E-state index contributed by atoms with van der Waals surface area (Å²) in [6, 6.07) is 0. The number of hydrogen-bond donors (Lipinski definition) is 1. The van der Waals surface area contributed by atoms with Gasteiger partial charge in [-0.25, -0.2) is 0 Å². The third-order valence-electron chi connectivity index (χ3n) is 1.71. The van der Waals surface area contributed by atoms with Crippen molar-refractivity contribution in [3.8, 4) is 0 Å². The second kappa shape index (κ2) is 3.56. The summed E-state index contributed by atoms with van der Waals surface area (Å²) in [6.07, 6.45) is 2.10. The average Bonchev–Trinajstić information content (AvgIpc) is 1.75. The topological polar surface area (TPSA) is 46.5 Å².